The van der Waals surface area contributed by atoms with Gasteiger partial charge < -0.3 is 40.0 Å². The number of aliphatic hydroxyl groups excluding tert-OH is 1. The van der Waals surface area contributed by atoms with E-state index >= 15 is 0 Å². The minimum absolute atomic E-state index is 0.0359. The van der Waals surface area contributed by atoms with Gasteiger partial charge in [-0.2, -0.15) is 0 Å². The molecular weight excluding hydrogens is 432 g/mol. The summed E-state index contributed by atoms with van der Waals surface area (Å²) >= 11 is 0. The number of hydrogen-bond donors (Lipinski definition) is 5. The van der Waals surface area contributed by atoms with Gasteiger partial charge in [0.1, 0.15) is 6.10 Å². The summed E-state index contributed by atoms with van der Waals surface area (Å²) in [4.78, 5) is 12.9. The first-order valence-corrected chi connectivity index (χ1v) is 11.4. The predicted octanol–water partition coefficient (Wildman–Crippen LogP) is 1.30. The number of nitrogens with one attached hydrogen (secondary N) is 1. The summed E-state index contributed by atoms with van der Waals surface area (Å²) in [6.07, 6.45) is 7.70. The number of fused-ring (bicyclic) bond motifs is 1. The molecule has 1 unspecified atom stereocenters. The van der Waals surface area contributed by atoms with Crippen LogP contribution < -0.4 is 10.1 Å². The molecule has 2 fully saturated rings. The smallest absolute Gasteiger partial charge is 0.405 e. The molecule has 3 heterocycles. The van der Waals surface area contributed by atoms with Crippen LogP contribution in [0.1, 0.15) is 51.9 Å². The highest BCUT2D eigenvalue weighted by Crippen LogP contribution is 2.25. The second kappa shape index (κ2) is 12.4. The Morgan fingerprint density at radius 1 is 1.12 bits per heavy atom. The number of rotatable bonds is 7. The van der Waals surface area contributed by atoms with E-state index in [2.05, 4.69) is 25.0 Å². The van der Waals surface area contributed by atoms with Crippen molar-refractivity contribution >= 4 is 16.9 Å². The van der Waals surface area contributed by atoms with E-state index in [9.17, 15) is 0 Å². The molecule has 0 aromatic carbocycles. The van der Waals surface area contributed by atoms with Crippen molar-refractivity contribution in [1.29, 1.82) is 0 Å². The summed E-state index contributed by atoms with van der Waals surface area (Å²) in [6.45, 7) is 2.90. The molecule has 11 heteroatoms. The summed E-state index contributed by atoms with van der Waals surface area (Å²) in [5, 5.41) is 38.8. The van der Waals surface area contributed by atoms with Crippen LogP contribution in [-0.4, -0.2) is 79.6 Å². The van der Waals surface area contributed by atoms with Gasteiger partial charge in [0.25, 0.3) is 0 Å². The molecule has 1 atom stereocenters. The Hall–Kier alpha value is -2.15. The highest BCUT2D eigenvalue weighted by Gasteiger charge is 2.21. The Labute approximate surface area is 192 Å². The van der Waals surface area contributed by atoms with Gasteiger partial charge in [0, 0.05) is 31.3 Å². The molecule has 0 bridgehead atoms. The van der Waals surface area contributed by atoms with Crippen molar-refractivity contribution in [3.63, 3.8) is 0 Å². The third-order valence-electron chi connectivity index (χ3n) is 5.40. The molecule has 2 aliphatic rings. The molecule has 1 saturated carbocycles. The second-order valence-corrected chi connectivity index (χ2v) is 8.39. The third kappa shape index (κ3) is 8.95. The number of pyridine rings is 1. The number of aromatic nitrogens is 3. The summed E-state index contributed by atoms with van der Waals surface area (Å²) < 4.78 is 15.8. The van der Waals surface area contributed by atoms with Crippen LogP contribution in [0.2, 0.25) is 0 Å². The van der Waals surface area contributed by atoms with Crippen LogP contribution in [0.25, 0.3) is 10.9 Å². The second-order valence-electron chi connectivity index (χ2n) is 8.39. The summed E-state index contributed by atoms with van der Waals surface area (Å²) in [7, 11) is 0. The normalized spacial score (nSPS) is 18.9. The average molecular weight is 467 g/mol. The van der Waals surface area contributed by atoms with E-state index in [4.69, 9.17) is 29.9 Å². The van der Waals surface area contributed by atoms with Crippen molar-refractivity contribution in [3.05, 3.63) is 18.5 Å². The van der Waals surface area contributed by atoms with E-state index in [1.807, 2.05) is 0 Å². The monoisotopic (exact) mass is 466 g/mol. The Morgan fingerprint density at radius 2 is 1.85 bits per heavy atom. The Bertz CT molecular complexity index is 852. The summed E-state index contributed by atoms with van der Waals surface area (Å²) in [6, 6.07) is 1.37. The lowest BCUT2D eigenvalue weighted by atomic mass is 9.98. The molecule has 0 radical (unpaired) electrons. The van der Waals surface area contributed by atoms with Crippen LogP contribution in [0.5, 0.6) is 5.88 Å². The number of ether oxygens (including phenoxy) is 3. The zero-order valence-electron chi connectivity index (χ0n) is 18.9. The molecule has 33 heavy (non-hydrogen) atoms. The lowest BCUT2D eigenvalue weighted by molar-refractivity contribution is -0.454. The molecule has 2 aromatic rings. The number of aliphatic hydroxyl groups is 4. The number of nitrogens with zero attached hydrogens (tertiary/aromatic N) is 3. The van der Waals surface area contributed by atoms with Crippen molar-refractivity contribution in [2.24, 2.45) is 0 Å². The summed E-state index contributed by atoms with van der Waals surface area (Å²) in [5.41, 5.74) is 0.661. The SMILES string of the molecule is CC(COC(O)(O)O)Nc1ncc2c(OC3CCOCC3)nccc2n1.OC1CCCCC1. The lowest BCUT2D eigenvalue weighted by Gasteiger charge is -2.23. The van der Waals surface area contributed by atoms with Crippen molar-refractivity contribution in [3.8, 4) is 5.88 Å². The van der Waals surface area contributed by atoms with E-state index in [0.717, 1.165) is 25.7 Å². The van der Waals surface area contributed by atoms with E-state index in [1.165, 1.54) is 19.3 Å². The maximum atomic E-state index is 8.91. The molecule has 1 saturated heterocycles. The maximum absolute atomic E-state index is 8.91. The van der Waals surface area contributed by atoms with Crippen molar-refractivity contribution in [1.82, 2.24) is 15.0 Å². The first-order chi connectivity index (χ1) is 15.8. The van der Waals surface area contributed by atoms with Gasteiger partial charge in [0.05, 0.1) is 36.8 Å². The molecule has 184 valence electrons. The van der Waals surface area contributed by atoms with Crippen molar-refractivity contribution < 1.29 is 34.6 Å². The average Bonchev–Trinajstić information content (AvgIpc) is 2.79. The van der Waals surface area contributed by atoms with E-state index in [1.54, 1.807) is 25.4 Å². The van der Waals surface area contributed by atoms with E-state index in [0.29, 0.717) is 35.9 Å². The fraction of sp³-hybridized carbons (Fsp3) is 0.682. The summed E-state index contributed by atoms with van der Waals surface area (Å²) in [5.74, 6) is 0.819. The predicted molar refractivity (Wildman–Crippen MR) is 119 cm³/mol. The topological polar surface area (TPSA) is 159 Å². The van der Waals surface area contributed by atoms with Gasteiger partial charge in [-0.05, 0) is 25.8 Å². The molecule has 0 amide bonds. The van der Waals surface area contributed by atoms with E-state index in [-0.39, 0.29) is 24.9 Å². The Kier molecular flexibility index (Phi) is 9.53. The molecule has 1 aliphatic heterocycles. The molecule has 5 N–H and O–H groups in total. The van der Waals surface area contributed by atoms with Crippen LogP contribution in [0.4, 0.5) is 5.95 Å². The highest BCUT2D eigenvalue weighted by molar-refractivity contribution is 5.83. The fourth-order valence-electron chi connectivity index (χ4n) is 3.63. The van der Waals surface area contributed by atoms with Crippen molar-refractivity contribution in [2.75, 3.05) is 25.1 Å². The first kappa shape index (κ1) is 25.5. The zero-order valence-corrected chi connectivity index (χ0v) is 18.9. The van der Waals surface area contributed by atoms with Crippen LogP contribution >= 0.6 is 0 Å². The van der Waals surface area contributed by atoms with Gasteiger partial charge in [0.2, 0.25) is 11.8 Å². The Morgan fingerprint density at radius 3 is 2.48 bits per heavy atom. The first-order valence-electron chi connectivity index (χ1n) is 11.4. The zero-order chi connectivity index (χ0) is 23.7. The minimum atomic E-state index is -3.16. The molecule has 11 nitrogen and oxygen atoms in total. The van der Waals surface area contributed by atoms with Gasteiger partial charge >= 0.3 is 6.16 Å². The van der Waals surface area contributed by atoms with E-state index < -0.39 is 6.16 Å². The molecule has 2 aromatic heterocycles. The molecular formula is C22H34N4O7. The van der Waals surface area contributed by atoms with Crippen LogP contribution in [0.3, 0.4) is 0 Å². The van der Waals surface area contributed by atoms with Crippen LogP contribution in [0.15, 0.2) is 18.5 Å². The van der Waals surface area contributed by atoms with Gasteiger partial charge in [-0.3, -0.25) is 0 Å². The maximum Gasteiger partial charge on any atom is 0.405 e. The third-order valence-corrected chi connectivity index (χ3v) is 5.40. The van der Waals surface area contributed by atoms with Crippen LogP contribution in [-0.2, 0) is 9.47 Å². The number of anilines is 1. The van der Waals surface area contributed by atoms with Crippen molar-refractivity contribution in [2.45, 2.75) is 76.3 Å². The van der Waals surface area contributed by atoms with Gasteiger partial charge in [-0.1, -0.05) is 19.3 Å². The highest BCUT2D eigenvalue weighted by atomic mass is 16.9. The molecule has 0 spiro atoms. The van der Waals surface area contributed by atoms with Gasteiger partial charge in [-0.15, -0.1) is 0 Å². The standard InChI is InChI=1S/C16H22N4O6.C6H12O/c1-10(9-25-16(21,22)23)19-15-18-8-12-13(20-15)2-5-17-14(12)26-11-3-6-24-7-4-11;7-6-4-2-1-3-5-6/h2,5,8,10-11,21-23H,3-4,6-7,9H2,1H3,(H,18,19,20);6-7H,1-5H2. The number of hydrogen-bond acceptors (Lipinski definition) is 11. The van der Waals surface area contributed by atoms with Gasteiger partial charge in [-0.25, -0.2) is 15.0 Å². The minimum Gasteiger partial charge on any atom is -0.474 e. The Balaban J connectivity index is 0.000000374. The molecule has 4 rings (SSSR count). The van der Waals surface area contributed by atoms with Gasteiger partial charge in [0.15, 0.2) is 0 Å². The van der Waals surface area contributed by atoms with Crippen LogP contribution in [0, 0.1) is 0 Å². The quantitative estimate of drug-likeness (QED) is 0.374. The molecule has 1 aliphatic carbocycles. The largest absolute Gasteiger partial charge is 0.474 e. The lowest BCUT2D eigenvalue weighted by Crippen LogP contribution is -2.36. The fourth-order valence-corrected chi connectivity index (χ4v) is 3.63.